The summed E-state index contributed by atoms with van der Waals surface area (Å²) in [4.78, 5) is 22.6. The van der Waals surface area contributed by atoms with E-state index in [1.807, 2.05) is 12.1 Å². The number of hydrogen-bond acceptors (Lipinski definition) is 3. The minimum Gasteiger partial charge on any atom is -0.478 e. The molecule has 0 bridgehead atoms. The van der Waals surface area contributed by atoms with Crippen molar-refractivity contribution >= 4 is 22.8 Å². The molecule has 6 nitrogen and oxygen atoms in total. The number of nitrogens with one attached hydrogen (secondary N) is 1. The van der Waals surface area contributed by atoms with E-state index in [2.05, 4.69) is 5.32 Å². The molecule has 1 aromatic carbocycles. The Hall–Kier alpha value is -2.81. The molecule has 0 saturated heterocycles. The SMILES string of the molecule is N#CCCNC(=O)Cn1ccc2ccc(C(=O)O)cc21. The Morgan fingerprint density at radius 1 is 1.35 bits per heavy atom. The van der Waals surface area contributed by atoms with E-state index in [0.717, 1.165) is 5.39 Å². The van der Waals surface area contributed by atoms with Crippen LogP contribution in [0.4, 0.5) is 0 Å². The van der Waals surface area contributed by atoms with Crippen LogP contribution in [0.2, 0.25) is 0 Å². The Morgan fingerprint density at radius 3 is 2.85 bits per heavy atom. The first-order chi connectivity index (χ1) is 9.61. The van der Waals surface area contributed by atoms with Crippen LogP contribution in [0.5, 0.6) is 0 Å². The second-order valence-electron chi connectivity index (χ2n) is 4.28. The van der Waals surface area contributed by atoms with Gasteiger partial charge in [0.2, 0.25) is 5.91 Å². The van der Waals surface area contributed by atoms with Crippen LogP contribution < -0.4 is 5.32 Å². The van der Waals surface area contributed by atoms with Crippen molar-refractivity contribution < 1.29 is 14.7 Å². The lowest BCUT2D eigenvalue weighted by Crippen LogP contribution is -2.28. The van der Waals surface area contributed by atoms with E-state index in [1.165, 1.54) is 6.07 Å². The van der Waals surface area contributed by atoms with Crippen molar-refractivity contribution in [3.05, 3.63) is 36.0 Å². The highest BCUT2D eigenvalue weighted by molar-refractivity contribution is 5.93. The van der Waals surface area contributed by atoms with Crippen molar-refractivity contribution in [1.29, 1.82) is 5.26 Å². The van der Waals surface area contributed by atoms with Gasteiger partial charge in [-0.15, -0.1) is 0 Å². The average Bonchev–Trinajstić information content (AvgIpc) is 2.81. The maximum Gasteiger partial charge on any atom is 0.335 e. The maximum atomic E-state index is 11.7. The van der Waals surface area contributed by atoms with Gasteiger partial charge in [-0.05, 0) is 23.6 Å². The Labute approximate surface area is 115 Å². The molecule has 0 radical (unpaired) electrons. The Kier molecular flexibility index (Phi) is 4.01. The normalized spacial score (nSPS) is 10.2. The van der Waals surface area contributed by atoms with Gasteiger partial charge in [0.15, 0.2) is 0 Å². The number of carboxylic acid groups (broad SMARTS) is 1. The summed E-state index contributed by atoms with van der Waals surface area (Å²) in [6, 6.07) is 8.55. The number of carboxylic acids is 1. The molecular formula is C14H13N3O3. The fourth-order valence-electron chi connectivity index (χ4n) is 1.92. The molecule has 1 aromatic heterocycles. The van der Waals surface area contributed by atoms with E-state index in [-0.39, 0.29) is 24.4 Å². The molecule has 0 aliphatic rings. The first-order valence-corrected chi connectivity index (χ1v) is 6.07. The highest BCUT2D eigenvalue weighted by Gasteiger charge is 2.09. The summed E-state index contributed by atoms with van der Waals surface area (Å²) in [5, 5.41) is 20.9. The molecule has 2 N–H and O–H groups in total. The van der Waals surface area contributed by atoms with Gasteiger partial charge in [-0.3, -0.25) is 4.79 Å². The summed E-state index contributed by atoms with van der Waals surface area (Å²) in [7, 11) is 0. The third kappa shape index (κ3) is 2.95. The standard InChI is InChI=1S/C14H13N3O3/c15-5-1-6-16-13(18)9-17-7-4-10-2-3-11(14(19)20)8-12(10)17/h2-4,7-8H,1,6,9H2,(H,16,18)(H,19,20). The van der Waals surface area contributed by atoms with Crippen LogP contribution >= 0.6 is 0 Å². The fourth-order valence-corrected chi connectivity index (χ4v) is 1.92. The van der Waals surface area contributed by atoms with Crippen molar-refractivity contribution in [3.63, 3.8) is 0 Å². The van der Waals surface area contributed by atoms with Gasteiger partial charge in [0.05, 0.1) is 18.1 Å². The number of nitriles is 1. The van der Waals surface area contributed by atoms with E-state index < -0.39 is 5.97 Å². The number of nitrogens with zero attached hydrogens (tertiary/aromatic N) is 2. The van der Waals surface area contributed by atoms with Crippen molar-refractivity contribution in [2.75, 3.05) is 6.54 Å². The van der Waals surface area contributed by atoms with Crippen molar-refractivity contribution in [2.24, 2.45) is 0 Å². The van der Waals surface area contributed by atoms with Crippen LogP contribution in [0.1, 0.15) is 16.8 Å². The number of benzene rings is 1. The number of aromatic nitrogens is 1. The summed E-state index contributed by atoms with van der Waals surface area (Å²) < 4.78 is 1.68. The van der Waals surface area contributed by atoms with Crippen molar-refractivity contribution in [2.45, 2.75) is 13.0 Å². The van der Waals surface area contributed by atoms with Crippen molar-refractivity contribution in [3.8, 4) is 6.07 Å². The molecule has 0 saturated carbocycles. The second kappa shape index (κ2) is 5.89. The lowest BCUT2D eigenvalue weighted by Gasteiger charge is -2.06. The molecule has 2 rings (SSSR count). The predicted molar refractivity (Wildman–Crippen MR) is 72.1 cm³/mol. The van der Waals surface area contributed by atoms with Crippen LogP contribution in [0.15, 0.2) is 30.5 Å². The number of amides is 1. The molecule has 102 valence electrons. The smallest absolute Gasteiger partial charge is 0.335 e. The molecule has 0 unspecified atom stereocenters. The molecule has 0 aliphatic heterocycles. The molecule has 2 aromatic rings. The van der Waals surface area contributed by atoms with E-state index in [4.69, 9.17) is 10.4 Å². The number of carbonyl (C=O) groups is 2. The number of aromatic carboxylic acids is 1. The predicted octanol–water partition coefficient (Wildman–Crippen LogP) is 1.37. The highest BCUT2D eigenvalue weighted by Crippen LogP contribution is 2.17. The van der Waals surface area contributed by atoms with Crippen molar-refractivity contribution in [1.82, 2.24) is 9.88 Å². The number of carbonyl (C=O) groups excluding carboxylic acids is 1. The summed E-state index contributed by atoms with van der Waals surface area (Å²) in [5.41, 5.74) is 0.877. The number of hydrogen-bond donors (Lipinski definition) is 2. The summed E-state index contributed by atoms with van der Waals surface area (Å²) >= 11 is 0. The second-order valence-corrected chi connectivity index (χ2v) is 4.28. The highest BCUT2D eigenvalue weighted by atomic mass is 16.4. The quantitative estimate of drug-likeness (QED) is 0.803. The van der Waals surface area contributed by atoms with Gasteiger partial charge in [-0.25, -0.2) is 4.79 Å². The van der Waals surface area contributed by atoms with Gasteiger partial charge >= 0.3 is 5.97 Å². The number of fused-ring (bicyclic) bond motifs is 1. The topological polar surface area (TPSA) is 95.1 Å². The van der Waals surface area contributed by atoms with Crippen LogP contribution in [-0.2, 0) is 11.3 Å². The molecule has 1 heterocycles. The van der Waals surface area contributed by atoms with Gasteiger partial charge in [0.25, 0.3) is 0 Å². The van der Waals surface area contributed by atoms with Gasteiger partial charge in [-0.1, -0.05) is 6.07 Å². The van der Waals surface area contributed by atoms with Crippen LogP contribution in [0.25, 0.3) is 10.9 Å². The van der Waals surface area contributed by atoms with E-state index in [0.29, 0.717) is 12.1 Å². The van der Waals surface area contributed by atoms with Gasteiger partial charge in [0, 0.05) is 18.3 Å². The Bertz CT molecular complexity index is 697. The zero-order valence-corrected chi connectivity index (χ0v) is 10.7. The first kappa shape index (κ1) is 13.6. The Balaban J connectivity index is 2.18. The summed E-state index contributed by atoms with van der Waals surface area (Å²) in [6.45, 7) is 0.410. The fraction of sp³-hybridized carbons (Fsp3) is 0.214. The lowest BCUT2D eigenvalue weighted by molar-refractivity contribution is -0.121. The van der Waals surface area contributed by atoms with Crippen LogP contribution in [0.3, 0.4) is 0 Å². The van der Waals surface area contributed by atoms with E-state index >= 15 is 0 Å². The zero-order valence-electron chi connectivity index (χ0n) is 10.7. The Morgan fingerprint density at radius 2 is 2.15 bits per heavy atom. The molecule has 0 fully saturated rings. The van der Waals surface area contributed by atoms with E-state index in [9.17, 15) is 9.59 Å². The summed E-state index contributed by atoms with van der Waals surface area (Å²) in [6.07, 6.45) is 2.00. The minimum absolute atomic E-state index is 0.0952. The maximum absolute atomic E-state index is 11.7. The minimum atomic E-state index is -1.00. The third-order valence-electron chi connectivity index (χ3n) is 2.89. The lowest BCUT2D eigenvalue weighted by atomic mass is 10.1. The molecule has 0 spiro atoms. The largest absolute Gasteiger partial charge is 0.478 e. The van der Waals surface area contributed by atoms with Crippen LogP contribution in [-0.4, -0.2) is 28.1 Å². The van der Waals surface area contributed by atoms with Gasteiger partial charge in [-0.2, -0.15) is 5.26 Å². The van der Waals surface area contributed by atoms with E-state index in [1.54, 1.807) is 22.9 Å². The molecule has 6 heteroatoms. The molecule has 0 aliphatic carbocycles. The number of rotatable bonds is 5. The third-order valence-corrected chi connectivity index (χ3v) is 2.89. The van der Waals surface area contributed by atoms with Crippen LogP contribution in [0, 0.1) is 11.3 Å². The van der Waals surface area contributed by atoms with Gasteiger partial charge < -0.3 is 15.0 Å². The molecule has 20 heavy (non-hydrogen) atoms. The summed E-state index contributed by atoms with van der Waals surface area (Å²) in [5.74, 6) is -1.21. The molecule has 0 atom stereocenters. The van der Waals surface area contributed by atoms with Gasteiger partial charge in [0.1, 0.15) is 6.54 Å². The molecular weight excluding hydrogens is 258 g/mol. The molecule has 1 amide bonds. The zero-order chi connectivity index (χ0) is 14.5. The average molecular weight is 271 g/mol. The monoisotopic (exact) mass is 271 g/mol. The first-order valence-electron chi connectivity index (χ1n) is 6.07.